The third-order valence-corrected chi connectivity index (χ3v) is 7.67. The highest BCUT2D eigenvalue weighted by molar-refractivity contribution is 6.42. The van der Waals surface area contributed by atoms with Gasteiger partial charge in [-0.15, -0.1) is 0 Å². The number of halogens is 3. The molecule has 0 aliphatic carbocycles. The third kappa shape index (κ3) is 5.91. The molecule has 1 amide bonds. The van der Waals surface area contributed by atoms with Crippen molar-refractivity contribution in [2.24, 2.45) is 0 Å². The van der Waals surface area contributed by atoms with E-state index in [0.29, 0.717) is 38.6 Å². The molecule has 1 N–H and O–H groups in total. The molecule has 5 aromatic rings. The molecule has 9 nitrogen and oxygen atoms in total. The fraction of sp³-hybridized carbons (Fsp3) is 0.188. The Bertz CT molecular complexity index is 1980. The van der Waals surface area contributed by atoms with Gasteiger partial charge in [0.15, 0.2) is 23.1 Å². The number of ether oxygens (including phenoxy) is 3. The SMILES string of the molecule is COc1cc2nccc(Oc3ccc(NC(=O)c4cn(C(C)C)c(C)c(-c5ccc(Cl)c(Cl)c5)c4=O)cc3F)c2nc1OC. The van der Waals surface area contributed by atoms with Gasteiger partial charge in [-0.2, -0.15) is 0 Å². The topological polar surface area (TPSA) is 105 Å². The Balaban J connectivity index is 1.46. The lowest BCUT2D eigenvalue weighted by Gasteiger charge is -2.20. The summed E-state index contributed by atoms with van der Waals surface area (Å²) in [6, 6.07) is 11.9. The zero-order valence-corrected chi connectivity index (χ0v) is 25.9. The minimum atomic E-state index is -0.756. The molecule has 0 saturated carbocycles. The molecule has 0 atom stereocenters. The van der Waals surface area contributed by atoms with Crippen LogP contribution in [0.4, 0.5) is 10.1 Å². The first-order valence-corrected chi connectivity index (χ1v) is 14.2. The van der Waals surface area contributed by atoms with Crippen molar-refractivity contribution in [2.75, 3.05) is 19.5 Å². The quantitative estimate of drug-likeness (QED) is 0.185. The van der Waals surface area contributed by atoms with Gasteiger partial charge in [0.05, 0.1) is 29.8 Å². The van der Waals surface area contributed by atoms with Gasteiger partial charge in [0, 0.05) is 53.6 Å². The van der Waals surface area contributed by atoms with Crippen molar-refractivity contribution >= 4 is 45.8 Å². The Morgan fingerprint density at radius 3 is 2.41 bits per heavy atom. The second kappa shape index (κ2) is 12.5. The number of anilines is 1. The summed E-state index contributed by atoms with van der Waals surface area (Å²) in [7, 11) is 2.93. The highest BCUT2D eigenvalue weighted by Crippen LogP contribution is 2.35. The highest BCUT2D eigenvalue weighted by atomic mass is 35.5. The van der Waals surface area contributed by atoms with Crippen LogP contribution in [-0.2, 0) is 0 Å². The number of benzene rings is 2. The number of nitrogens with zero attached hydrogens (tertiary/aromatic N) is 3. The number of hydrogen-bond donors (Lipinski definition) is 1. The Hall–Kier alpha value is -4.67. The molecule has 0 unspecified atom stereocenters. The van der Waals surface area contributed by atoms with Gasteiger partial charge in [-0.25, -0.2) is 9.37 Å². The smallest absolute Gasteiger partial charge is 0.261 e. The summed E-state index contributed by atoms with van der Waals surface area (Å²) in [5.41, 5.74) is 1.78. The van der Waals surface area contributed by atoms with Crippen LogP contribution < -0.4 is 25.0 Å². The lowest BCUT2D eigenvalue weighted by molar-refractivity contribution is 0.102. The van der Waals surface area contributed by atoms with Crippen LogP contribution in [0.25, 0.3) is 22.2 Å². The van der Waals surface area contributed by atoms with Crippen molar-refractivity contribution in [1.29, 1.82) is 0 Å². The van der Waals surface area contributed by atoms with Gasteiger partial charge >= 0.3 is 0 Å². The van der Waals surface area contributed by atoms with Crippen molar-refractivity contribution in [3.05, 3.63) is 98.3 Å². The minimum absolute atomic E-state index is 0.0719. The van der Waals surface area contributed by atoms with Crippen molar-refractivity contribution in [3.63, 3.8) is 0 Å². The van der Waals surface area contributed by atoms with E-state index in [1.165, 1.54) is 38.7 Å². The highest BCUT2D eigenvalue weighted by Gasteiger charge is 2.22. The molecular formula is C32H27Cl2FN4O5. The second-order valence-corrected chi connectivity index (χ2v) is 10.9. The summed E-state index contributed by atoms with van der Waals surface area (Å²) in [4.78, 5) is 35.7. The number of fused-ring (bicyclic) bond motifs is 1. The van der Waals surface area contributed by atoms with E-state index in [2.05, 4.69) is 15.3 Å². The van der Waals surface area contributed by atoms with E-state index in [-0.39, 0.29) is 39.7 Å². The van der Waals surface area contributed by atoms with Crippen LogP contribution in [0.2, 0.25) is 10.0 Å². The second-order valence-electron chi connectivity index (χ2n) is 10.0. The van der Waals surface area contributed by atoms with E-state index in [1.54, 1.807) is 37.3 Å². The molecule has 0 fully saturated rings. The fourth-order valence-corrected chi connectivity index (χ4v) is 5.08. The molecule has 0 saturated heterocycles. The van der Waals surface area contributed by atoms with E-state index in [1.807, 2.05) is 18.4 Å². The molecule has 226 valence electrons. The van der Waals surface area contributed by atoms with Gasteiger partial charge in [0.2, 0.25) is 5.43 Å². The maximum atomic E-state index is 15.3. The number of hydrogen-bond acceptors (Lipinski definition) is 7. The van der Waals surface area contributed by atoms with Crippen LogP contribution >= 0.6 is 23.2 Å². The molecule has 3 aromatic heterocycles. The van der Waals surface area contributed by atoms with Crippen LogP contribution in [0.5, 0.6) is 23.1 Å². The predicted octanol–water partition coefficient (Wildman–Crippen LogP) is 7.86. The lowest BCUT2D eigenvalue weighted by Crippen LogP contribution is -2.27. The number of pyridine rings is 3. The molecule has 12 heteroatoms. The van der Waals surface area contributed by atoms with Crippen LogP contribution in [0.1, 0.15) is 35.9 Å². The van der Waals surface area contributed by atoms with Crippen molar-refractivity contribution < 1.29 is 23.4 Å². The Morgan fingerprint density at radius 2 is 1.75 bits per heavy atom. The summed E-state index contributed by atoms with van der Waals surface area (Å²) in [6.45, 7) is 5.66. The average molecular weight is 637 g/mol. The first kappa shape index (κ1) is 30.8. The van der Waals surface area contributed by atoms with Crippen LogP contribution in [-0.4, -0.2) is 34.7 Å². The number of rotatable bonds is 8. The molecule has 0 radical (unpaired) electrons. The number of methoxy groups -OCH3 is 2. The number of aromatic nitrogens is 3. The first-order chi connectivity index (χ1) is 21.0. The summed E-state index contributed by atoms with van der Waals surface area (Å²) in [5.74, 6) is -0.751. The maximum Gasteiger partial charge on any atom is 0.261 e. The van der Waals surface area contributed by atoms with Gasteiger partial charge in [0.25, 0.3) is 11.8 Å². The van der Waals surface area contributed by atoms with E-state index in [4.69, 9.17) is 37.4 Å². The number of nitrogens with one attached hydrogen (secondary N) is 1. The van der Waals surface area contributed by atoms with Gasteiger partial charge < -0.3 is 24.1 Å². The Morgan fingerprint density at radius 1 is 0.977 bits per heavy atom. The van der Waals surface area contributed by atoms with Gasteiger partial charge in [-0.05, 0) is 50.6 Å². The average Bonchev–Trinajstić information content (AvgIpc) is 2.99. The lowest BCUT2D eigenvalue weighted by atomic mass is 10.0. The number of carbonyl (C=O) groups excluding carboxylic acids is 1. The molecule has 0 spiro atoms. The van der Waals surface area contributed by atoms with Crippen LogP contribution in [0.15, 0.2) is 65.7 Å². The largest absolute Gasteiger partial charge is 0.491 e. The summed E-state index contributed by atoms with van der Waals surface area (Å²) in [6.07, 6.45) is 2.99. The maximum absolute atomic E-state index is 15.3. The number of carbonyl (C=O) groups is 1. The Kier molecular flexibility index (Phi) is 8.75. The van der Waals surface area contributed by atoms with E-state index < -0.39 is 17.2 Å². The first-order valence-electron chi connectivity index (χ1n) is 13.4. The summed E-state index contributed by atoms with van der Waals surface area (Å²) >= 11 is 12.3. The Labute approximate surface area is 262 Å². The van der Waals surface area contributed by atoms with Crippen LogP contribution in [0.3, 0.4) is 0 Å². The van der Waals surface area contributed by atoms with Crippen molar-refractivity contribution in [1.82, 2.24) is 14.5 Å². The third-order valence-electron chi connectivity index (χ3n) is 6.93. The monoisotopic (exact) mass is 636 g/mol. The zero-order chi connectivity index (χ0) is 31.7. The van der Waals surface area contributed by atoms with Gasteiger partial charge in [-0.1, -0.05) is 29.3 Å². The van der Waals surface area contributed by atoms with E-state index in [0.717, 1.165) is 6.07 Å². The summed E-state index contributed by atoms with van der Waals surface area (Å²) < 4.78 is 33.5. The standard InChI is InChI=1S/C32H27Cl2FN4O5/c1-16(2)39-15-20(30(40)28(17(39)3)18-6-8-21(33)22(34)12-18)31(41)37-19-7-9-25(23(35)13-19)44-26-10-11-36-24-14-27(42-4)32(43-5)38-29(24)26/h6-16H,1-5H3,(H,37,41). The van der Waals surface area contributed by atoms with Crippen molar-refractivity contribution in [3.8, 4) is 34.3 Å². The molecule has 5 rings (SSSR count). The van der Waals surface area contributed by atoms with E-state index >= 15 is 4.39 Å². The van der Waals surface area contributed by atoms with Crippen molar-refractivity contribution in [2.45, 2.75) is 26.8 Å². The fourth-order valence-electron chi connectivity index (χ4n) is 4.78. The van der Waals surface area contributed by atoms with Crippen LogP contribution in [0, 0.1) is 12.7 Å². The molecule has 44 heavy (non-hydrogen) atoms. The molecule has 3 heterocycles. The molecule has 0 aliphatic heterocycles. The normalized spacial score (nSPS) is 11.1. The summed E-state index contributed by atoms with van der Waals surface area (Å²) in [5, 5.41) is 3.25. The van der Waals surface area contributed by atoms with Gasteiger partial charge in [0.1, 0.15) is 11.1 Å². The van der Waals surface area contributed by atoms with E-state index in [9.17, 15) is 9.59 Å². The molecule has 0 bridgehead atoms. The van der Waals surface area contributed by atoms with Gasteiger partial charge in [-0.3, -0.25) is 14.6 Å². The number of amides is 1. The zero-order valence-electron chi connectivity index (χ0n) is 24.4. The molecule has 0 aliphatic rings. The molecule has 2 aromatic carbocycles. The predicted molar refractivity (Wildman–Crippen MR) is 168 cm³/mol. The molecular weight excluding hydrogens is 610 g/mol. The minimum Gasteiger partial charge on any atom is -0.491 e.